The van der Waals surface area contributed by atoms with Crippen LogP contribution in [0.2, 0.25) is 0 Å². The summed E-state index contributed by atoms with van der Waals surface area (Å²) in [6.07, 6.45) is 1.88. The molecule has 3 heteroatoms. The monoisotopic (exact) mass is 269 g/mol. The smallest absolute Gasteiger partial charge is 0.310 e. The zero-order valence-electron chi connectivity index (χ0n) is 12.1. The fraction of sp³-hybridized carbons (Fsp3) is 0.412. The topological polar surface area (TPSA) is 50.1 Å². The number of hydrogen-bond donors (Lipinski definition) is 0. The van der Waals surface area contributed by atoms with Crippen molar-refractivity contribution < 1.29 is 9.53 Å². The highest BCUT2D eigenvalue weighted by Gasteiger charge is 2.61. The maximum absolute atomic E-state index is 12.1. The Morgan fingerprint density at radius 3 is 2.65 bits per heavy atom. The number of carbonyl (C=O) groups excluding carboxylic acids is 1. The van der Waals surface area contributed by atoms with Crippen LogP contribution in [0.15, 0.2) is 42.0 Å². The van der Waals surface area contributed by atoms with Gasteiger partial charge in [0.05, 0.1) is 12.0 Å². The van der Waals surface area contributed by atoms with Crippen molar-refractivity contribution in [3.05, 3.63) is 47.5 Å². The SMILES string of the molecule is CC(C#N)=CC1C(C(=O)OCc2ccccc2)C1(C)C. The van der Waals surface area contributed by atoms with Crippen LogP contribution in [-0.4, -0.2) is 5.97 Å². The fourth-order valence-electron chi connectivity index (χ4n) is 2.56. The standard InChI is InChI=1S/C17H19NO2/c1-12(10-18)9-14-15(17(14,2)3)16(19)20-11-13-7-5-4-6-8-13/h4-9,14-15H,11H2,1-3H3. The van der Waals surface area contributed by atoms with Crippen LogP contribution in [0, 0.1) is 28.6 Å². The Kier molecular flexibility index (Phi) is 3.94. The van der Waals surface area contributed by atoms with E-state index in [0.717, 1.165) is 5.56 Å². The van der Waals surface area contributed by atoms with Gasteiger partial charge in [-0.25, -0.2) is 0 Å². The molecule has 0 bridgehead atoms. The average molecular weight is 269 g/mol. The Bertz CT molecular complexity index is 566. The molecule has 0 radical (unpaired) electrons. The molecule has 104 valence electrons. The van der Waals surface area contributed by atoms with E-state index in [2.05, 4.69) is 6.07 Å². The minimum atomic E-state index is -0.175. The lowest BCUT2D eigenvalue weighted by molar-refractivity contribution is -0.147. The zero-order chi connectivity index (χ0) is 14.8. The van der Waals surface area contributed by atoms with Gasteiger partial charge in [-0.05, 0) is 23.8 Å². The van der Waals surface area contributed by atoms with E-state index in [-0.39, 0.29) is 23.2 Å². The molecule has 1 fully saturated rings. The van der Waals surface area contributed by atoms with Crippen molar-refractivity contribution in [3.8, 4) is 6.07 Å². The molecule has 1 saturated carbocycles. The highest BCUT2D eigenvalue weighted by atomic mass is 16.5. The predicted molar refractivity (Wildman–Crippen MR) is 76.4 cm³/mol. The molecule has 2 unspecified atom stereocenters. The Balaban J connectivity index is 1.96. The van der Waals surface area contributed by atoms with Crippen molar-refractivity contribution in [2.75, 3.05) is 0 Å². The van der Waals surface area contributed by atoms with E-state index >= 15 is 0 Å². The first-order chi connectivity index (χ1) is 9.46. The molecule has 0 heterocycles. The molecule has 20 heavy (non-hydrogen) atoms. The number of hydrogen-bond acceptors (Lipinski definition) is 3. The first kappa shape index (κ1) is 14.3. The van der Waals surface area contributed by atoms with Gasteiger partial charge >= 0.3 is 5.97 Å². The third kappa shape index (κ3) is 2.91. The van der Waals surface area contributed by atoms with E-state index in [1.807, 2.05) is 50.3 Å². The highest BCUT2D eigenvalue weighted by Crippen LogP contribution is 2.59. The van der Waals surface area contributed by atoms with E-state index in [4.69, 9.17) is 10.00 Å². The van der Waals surface area contributed by atoms with Crippen molar-refractivity contribution in [2.45, 2.75) is 27.4 Å². The summed E-state index contributed by atoms with van der Waals surface area (Å²) in [7, 11) is 0. The number of nitrogens with zero attached hydrogens (tertiary/aromatic N) is 1. The molecule has 0 amide bonds. The van der Waals surface area contributed by atoms with Crippen LogP contribution >= 0.6 is 0 Å². The van der Waals surface area contributed by atoms with Crippen LogP contribution in [0.3, 0.4) is 0 Å². The van der Waals surface area contributed by atoms with E-state index in [1.54, 1.807) is 6.92 Å². The number of esters is 1. The van der Waals surface area contributed by atoms with Gasteiger partial charge in [-0.15, -0.1) is 0 Å². The van der Waals surface area contributed by atoms with Crippen LogP contribution in [0.1, 0.15) is 26.3 Å². The highest BCUT2D eigenvalue weighted by molar-refractivity contribution is 5.78. The minimum Gasteiger partial charge on any atom is -0.461 e. The van der Waals surface area contributed by atoms with Crippen molar-refractivity contribution in [1.82, 2.24) is 0 Å². The van der Waals surface area contributed by atoms with Crippen molar-refractivity contribution in [2.24, 2.45) is 17.3 Å². The van der Waals surface area contributed by atoms with Gasteiger partial charge < -0.3 is 4.74 Å². The molecule has 1 aromatic rings. The summed E-state index contributed by atoms with van der Waals surface area (Å²) in [4.78, 5) is 12.1. The van der Waals surface area contributed by atoms with Crippen LogP contribution in [0.25, 0.3) is 0 Å². The lowest BCUT2D eigenvalue weighted by Crippen LogP contribution is -2.10. The summed E-state index contributed by atoms with van der Waals surface area (Å²) >= 11 is 0. The third-order valence-electron chi connectivity index (χ3n) is 3.99. The third-order valence-corrected chi connectivity index (χ3v) is 3.99. The van der Waals surface area contributed by atoms with Crippen molar-refractivity contribution >= 4 is 5.97 Å². The van der Waals surface area contributed by atoms with Gasteiger partial charge in [0, 0.05) is 5.57 Å². The molecule has 1 aliphatic rings. The molecule has 2 rings (SSSR count). The van der Waals surface area contributed by atoms with Gasteiger partial charge in [0.2, 0.25) is 0 Å². The quantitative estimate of drug-likeness (QED) is 0.621. The largest absolute Gasteiger partial charge is 0.461 e. The predicted octanol–water partition coefficient (Wildman–Crippen LogP) is 3.47. The van der Waals surface area contributed by atoms with Gasteiger partial charge in [0.25, 0.3) is 0 Å². The second kappa shape index (κ2) is 5.50. The first-order valence-corrected chi connectivity index (χ1v) is 6.76. The van der Waals surface area contributed by atoms with Gasteiger partial charge in [-0.1, -0.05) is 50.3 Å². The fourth-order valence-corrected chi connectivity index (χ4v) is 2.56. The Morgan fingerprint density at radius 1 is 1.40 bits per heavy atom. The number of nitriles is 1. The summed E-state index contributed by atoms with van der Waals surface area (Å²) in [6, 6.07) is 11.7. The Morgan fingerprint density at radius 2 is 2.05 bits per heavy atom. The van der Waals surface area contributed by atoms with Gasteiger partial charge in [0.15, 0.2) is 0 Å². The lowest BCUT2D eigenvalue weighted by Gasteiger charge is -2.05. The zero-order valence-corrected chi connectivity index (χ0v) is 12.1. The van der Waals surface area contributed by atoms with Gasteiger partial charge in [-0.2, -0.15) is 5.26 Å². The van der Waals surface area contributed by atoms with Crippen molar-refractivity contribution in [3.63, 3.8) is 0 Å². The van der Waals surface area contributed by atoms with E-state index in [1.165, 1.54) is 0 Å². The molecule has 0 spiro atoms. The van der Waals surface area contributed by atoms with E-state index < -0.39 is 0 Å². The molecule has 3 nitrogen and oxygen atoms in total. The van der Waals surface area contributed by atoms with Crippen LogP contribution in [-0.2, 0) is 16.1 Å². The maximum Gasteiger partial charge on any atom is 0.310 e. The number of rotatable bonds is 4. The van der Waals surface area contributed by atoms with Gasteiger partial charge in [-0.3, -0.25) is 4.79 Å². The molecule has 1 aliphatic carbocycles. The van der Waals surface area contributed by atoms with Crippen molar-refractivity contribution in [1.29, 1.82) is 5.26 Å². The number of carbonyl (C=O) groups is 1. The normalized spacial score (nSPS) is 23.8. The van der Waals surface area contributed by atoms with Crippen LogP contribution < -0.4 is 0 Å². The molecule has 0 N–H and O–H groups in total. The summed E-state index contributed by atoms with van der Waals surface area (Å²) in [5, 5.41) is 8.82. The minimum absolute atomic E-state index is 0.102. The van der Waals surface area contributed by atoms with E-state index in [0.29, 0.717) is 12.2 Å². The molecule has 2 atom stereocenters. The molecule has 1 aromatic carbocycles. The first-order valence-electron chi connectivity index (χ1n) is 6.76. The lowest BCUT2D eigenvalue weighted by atomic mass is 10.1. The summed E-state index contributed by atoms with van der Waals surface area (Å²) in [5.41, 5.74) is 1.52. The molecular weight excluding hydrogens is 250 g/mol. The van der Waals surface area contributed by atoms with Crippen LogP contribution in [0.5, 0.6) is 0 Å². The summed E-state index contributed by atoms with van der Waals surface area (Å²) in [5.74, 6) is -0.217. The maximum atomic E-state index is 12.1. The summed E-state index contributed by atoms with van der Waals surface area (Å²) in [6.45, 7) is 6.14. The number of benzene rings is 1. The molecule has 0 aliphatic heterocycles. The molecular formula is C17H19NO2. The Hall–Kier alpha value is -2.08. The second-order valence-corrected chi connectivity index (χ2v) is 5.88. The number of ether oxygens (including phenoxy) is 1. The molecule has 0 saturated heterocycles. The van der Waals surface area contributed by atoms with E-state index in [9.17, 15) is 4.79 Å². The average Bonchev–Trinajstić information content (AvgIpc) is 2.98. The summed E-state index contributed by atoms with van der Waals surface area (Å²) < 4.78 is 5.38. The Labute approximate surface area is 119 Å². The number of allylic oxidation sites excluding steroid dienone is 2. The van der Waals surface area contributed by atoms with Gasteiger partial charge in [0.1, 0.15) is 6.61 Å². The second-order valence-electron chi connectivity index (χ2n) is 5.88. The molecule has 0 aromatic heterocycles. The van der Waals surface area contributed by atoms with Crippen LogP contribution in [0.4, 0.5) is 0 Å².